The molecule has 3 atom stereocenters. The number of hydrogen-bond donors (Lipinski definition) is 2. The first-order valence-electron chi connectivity index (χ1n) is 8.48. The molecule has 3 unspecified atom stereocenters. The van der Waals surface area contributed by atoms with Gasteiger partial charge < -0.3 is 10.6 Å². The zero-order chi connectivity index (χ0) is 15.6. The normalized spacial score (nSPS) is 26.3. The fourth-order valence-corrected chi connectivity index (χ4v) is 4.07. The van der Waals surface area contributed by atoms with Crippen LogP contribution in [0.4, 0.5) is 4.79 Å². The molecule has 3 nitrogen and oxygen atoms in total. The van der Waals surface area contributed by atoms with E-state index in [9.17, 15) is 4.79 Å². The van der Waals surface area contributed by atoms with Crippen molar-refractivity contribution in [2.75, 3.05) is 0 Å². The van der Waals surface area contributed by atoms with Crippen LogP contribution < -0.4 is 10.6 Å². The maximum absolute atomic E-state index is 11.5. The van der Waals surface area contributed by atoms with Gasteiger partial charge >= 0.3 is 6.03 Å². The van der Waals surface area contributed by atoms with Crippen molar-refractivity contribution in [2.24, 2.45) is 0 Å². The third-order valence-corrected chi connectivity index (χ3v) is 5.22. The Kier molecular flexibility index (Phi) is 3.78. The molecule has 4 rings (SSSR count). The van der Waals surface area contributed by atoms with E-state index in [-0.39, 0.29) is 12.1 Å². The molecule has 0 bridgehead atoms. The number of urea groups is 1. The second-order valence-corrected chi connectivity index (χ2v) is 6.70. The topological polar surface area (TPSA) is 41.1 Å². The van der Waals surface area contributed by atoms with Crippen molar-refractivity contribution in [1.29, 1.82) is 0 Å². The number of fused-ring (bicyclic) bond motifs is 1. The SMILES string of the molecule is O=C1NC2CCC(c3ccccc3Cc3ccccc3)CC2N1. The van der Waals surface area contributed by atoms with Gasteiger partial charge in [-0.2, -0.15) is 0 Å². The van der Waals surface area contributed by atoms with E-state index >= 15 is 0 Å². The molecular weight excluding hydrogens is 284 g/mol. The van der Waals surface area contributed by atoms with E-state index in [4.69, 9.17) is 0 Å². The van der Waals surface area contributed by atoms with Gasteiger partial charge in [0, 0.05) is 0 Å². The zero-order valence-corrected chi connectivity index (χ0v) is 13.2. The van der Waals surface area contributed by atoms with E-state index in [1.54, 1.807) is 0 Å². The van der Waals surface area contributed by atoms with E-state index < -0.39 is 0 Å². The predicted molar refractivity (Wildman–Crippen MR) is 91.5 cm³/mol. The molecule has 1 saturated heterocycles. The van der Waals surface area contributed by atoms with Gasteiger partial charge in [0.15, 0.2) is 0 Å². The lowest BCUT2D eigenvalue weighted by Crippen LogP contribution is -2.39. The summed E-state index contributed by atoms with van der Waals surface area (Å²) in [5.74, 6) is 0.538. The number of rotatable bonds is 3. The van der Waals surface area contributed by atoms with Crippen LogP contribution in [0.2, 0.25) is 0 Å². The first-order valence-corrected chi connectivity index (χ1v) is 8.48. The molecule has 1 aliphatic carbocycles. The molecule has 0 radical (unpaired) electrons. The molecule has 118 valence electrons. The Bertz CT molecular complexity index is 698. The quantitative estimate of drug-likeness (QED) is 0.894. The highest BCUT2D eigenvalue weighted by Crippen LogP contribution is 2.36. The summed E-state index contributed by atoms with van der Waals surface area (Å²) in [7, 11) is 0. The Morgan fingerprint density at radius 2 is 1.61 bits per heavy atom. The van der Waals surface area contributed by atoms with Gasteiger partial charge in [-0.25, -0.2) is 4.79 Å². The number of carbonyl (C=O) groups is 1. The molecule has 2 aliphatic rings. The van der Waals surface area contributed by atoms with Crippen LogP contribution in [-0.4, -0.2) is 18.1 Å². The number of hydrogen-bond acceptors (Lipinski definition) is 1. The van der Waals surface area contributed by atoms with Gasteiger partial charge in [-0.15, -0.1) is 0 Å². The van der Waals surface area contributed by atoms with E-state index in [1.807, 2.05) is 0 Å². The molecule has 0 aromatic heterocycles. The van der Waals surface area contributed by atoms with E-state index in [1.165, 1.54) is 16.7 Å². The smallest absolute Gasteiger partial charge is 0.315 e. The standard InChI is InChI=1S/C20H22N2O/c23-20-21-18-11-10-16(13-19(18)22-20)17-9-5-4-8-15(17)12-14-6-2-1-3-7-14/h1-9,16,18-19H,10-13H2,(H2,21,22,23). The summed E-state index contributed by atoms with van der Waals surface area (Å²) in [4.78, 5) is 11.5. The van der Waals surface area contributed by atoms with Gasteiger partial charge in [0.2, 0.25) is 0 Å². The summed E-state index contributed by atoms with van der Waals surface area (Å²) >= 11 is 0. The average Bonchev–Trinajstić information content (AvgIpc) is 2.95. The van der Waals surface area contributed by atoms with Crippen molar-refractivity contribution in [3.05, 3.63) is 71.3 Å². The van der Waals surface area contributed by atoms with Crippen LogP contribution in [0.5, 0.6) is 0 Å². The van der Waals surface area contributed by atoms with Crippen molar-refractivity contribution in [2.45, 2.75) is 43.7 Å². The number of benzene rings is 2. The van der Waals surface area contributed by atoms with Crippen molar-refractivity contribution < 1.29 is 4.79 Å². The highest BCUT2D eigenvalue weighted by atomic mass is 16.2. The zero-order valence-electron chi connectivity index (χ0n) is 13.2. The molecule has 2 N–H and O–H groups in total. The maximum atomic E-state index is 11.5. The van der Waals surface area contributed by atoms with Gasteiger partial charge in [-0.3, -0.25) is 0 Å². The van der Waals surface area contributed by atoms with Gasteiger partial charge in [-0.05, 0) is 48.3 Å². The Morgan fingerprint density at radius 3 is 2.48 bits per heavy atom. The summed E-state index contributed by atoms with van der Waals surface area (Å²) in [5, 5.41) is 6.11. The van der Waals surface area contributed by atoms with Crippen LogP contribution in [0.1, 0.15) is 41.9 Å². The maximum Gasteiger partial charge on any atom is 0.315 e. The van der Waals surface area contributed by atoms with Crippen molar-refractivity contribution in [3.8, 4) is 0 Å². The molecule has 2 amide bonds. The molecule has 0 spiro atoms. The van der Waals surface area contributed by atoms with Crippen LogP contribution in [0.25, 0.3) is 0 Å². The van der Waals surface area contributed by atoms with Crippen molar-refractivity contribution in [3.63, 3.8) is 0 Å². The largest absolute Gasteiger partial charge is 0.333 e. The van der Waals surface area contributed by atoms with E-state index in [0.29, 0.717) is 12.0 Å². The lowest BCUT2D eigenvalue weighted by Gasteiger charge is -2.32. The number of nitrogens with one attached hydrogen (secondary N) is 2. The number of carbonyl (C=O) groups excluding carboxylic acids is 1. The summed E-state index contributed by atoms with van der Waals surface area (Å²) in [5.41, 5.74) is 4.22. The second kappa shape index (κ2) is 6.07. The minimum atomic E-state index is -0.00165. The van der Waals surface area contributed by atoms with E-state index in [0.717, 1.165) is 25.7 Å². The number of amides is 2. The minimum absolute atomic E-state index is 0.00165. The third-order valence-electron chi connectivity index (χ3n) is 5.22. The molecule has 1 saturated carbocycles. The predicted octanol–water partition coefficient (Wildman–Crippen LogP) is 3.59. The fourth-order valence-electron chi connectivity index (χ4n) is 4.07. The van der Waals surface area contributed by atoms with Crippen LogP contribution in [0.3, 0.4) is 0 Å². The van der Waals surface area contributed by atoms with Crippen molar-refractivity contribution in [1.82, 2.24) is 10.6 Å². The molecular formula is C20H22N2O. The second-order valence-electron chi connectivity index (χ2n) is 6.70. The van der Waals surface area contributed by atoms with Gasteiger partial charge in [-0.1, -0.05) is 54.6 Å². The first-order chi connectivity index (χ1) is 11.3. The molecule has 23 heavy (non-hydrogen) atoms. The molecule has 1 heterocycles. The molecule has 3 heteroatoms. The summed E-state index contributed by atoms with van der Waals surface area (Å²) in [6, 6.07) is 20.0. The molecule has 2 aromatic rings. The molecule has 2 aromatic carbocycles. The third kappa shape index (κ3) is 2.96. The lowest BCUT2D eigenvalue weighted by molar-refractivity contribution is 0.247. The minimum Gasteiger partial charge on any atom is -0.333 e. The van der Waals surface area contributed by atoms with Gasteiger partial charge in [0.1, 0.15) is 0 Å². The highest BCUT2D eigenvalue weighted by molar-refractivity contribution is 5.77. The monoisotopic (exact) mass is 306 g/mol. The Morgan fingerprint density at radius 1 is 0.870 bits per heavy atom. The highest BCUT2D eigenvalue weighted by Gasteiger charge is 2.37. The van der Waals surface area contributed by atoms with Crippen LogP contribution in [0.15, 0.2) is 54.6 Å². The fraction of sp³-hybridized carbons (Fsp3) is 0.350. The lowest BCUT2D eigenvalue weighted by atomic mass is 9.77. The van der Waals surface area contributed by atoms with Crippen LogP contribution in [0, 0.1) is 0 Å². The van der Waals surface area contributed by atoms with Crippen molar-refractivity contribution >= 4 is 6.03 Å². The van der Waals surface area contributed by atoms with Crippen LogP contribution in [-0.2, 0) is 6.42 Å². The van der Waals surface area contributed by atoms with Gasteiger partial charge in [0.25, 0.3) is 0 Å². The Hall–Kier alpha value is -2.29. The average molecular weight is 306 g/mol. The van der Waals surface area contributed by atoms with E-state index in [2.05, 4.69) is 65.2 Å². The molecule has 1 aliphatic heterocycles. The first kappa shape index (κ1) is 14.3. The summed E-state index contributed by atoms with van der Waals surface area (Å²) in [6.45, 7) is 0. The van der Waals surface area contributed by atoms with Gasteiger partial charge in [0.05, 0.1) is 12.1 Å². The molecule has 2 fully saturated rings. The van der Waals surface area contributed by atoms with Crippen LogP contribution >= 0.6 is 0 Å². The summed E-state index contributed by atoms with van der Waals surface area (Å²) < 4.78 is 0. The summed E-state index contributed by atoms with van der Waals surface area (Å²) in [6.07, 6.45) is 4.23. The Labute approximate surface area is 137 Å². The Balaban J connectivity index is 1.56.